The Morgan fingerprint density at radius 1 is 1.14 bits per heavy atom. The molecule has 0 spiro atoms. The fraction of sp³-hybridized carbons (Fsp3) is 0.250. The van der Waals surface area contributed by atoms with E-state index < -0.39 is 11.7 Å². The van der Waals surface area contributed by atoms with Gasteiger partial charge < -0.3 is 15.4 Å². The van der Waals surface area contributed by atoms with Crippen LogP contribution < -0.4 is 15.4 Å². The molecule has 1 saturated heterocycles. The summed E-state index contributed by atoms with van der Waals surface area (Å²) in [6.45, 7) is 1.82. The van der Waals surface area contributed by atoms with Crippen molar-refractivity contribution in [3.8, 4) is 17.0 Å². The van der Waals surface area contributed by atoms with Crippen molar-refractivity contribution in [2.45, 2.75) is 18.6 Å². The first-order valence-corrected chi connectivity index (χ1v) is 9.02. The van der Waals surface area contributed by atoms with E-state index in [9.17, 15) is 18.0 Å². The number of benzene rings is 2. The lowest BCUT2D eigenvalue weighted by molar-refractivity contribution is -0.138. The molecule has 150 valence electrons. The molecule has 29 heavy (non-hydrogen) atoms. The molecule has 9 heteroatoms. The normalized spacial score (nSPS) is 16.7. The zero-order valence-electron chi connectivity index (χ0n) is 15.2. The van der Waals surface area contributed by atoms with Crippen LogP contribution in [0.3, 0.4) is 0 Å². The van der Waals surface area contributed by atoms with Gasteiger partial charge in [-0.2, -0.15) is 13.2 Å². The lowest BCUT2D eigenvalue weighted by atomic mass is 10.0. The molecule has 1 atom stereocenters. The Balaban J connectivity index is 1.83. The molecule has 1 aliphatic heterocycles. The summed E-state index contributed by atoms with van der Waals surface area (Å²) in [7, 11) is 0. The van der Waals surface area contributed by atoms with Gasteiger partial charge in [0.2, 0.25) is 0 Å². The first-order valence-electron chi connectivity index (χ1n) is 9.02. The highest BCUT2D eigenvalue weighted by atomic mass is 19.4. The Morgan fingerprint density at radius 3 is 2.62 bits per heavy atom. The van der Waals surface area contributed by atoms with Crippen molar-refractivity contribution < 1.29 is 22.7 Å². The number of rotatable bonds is 5. The Morgan fingerprint density at radius 2 is 1.93 bits per heavy atom. The second kappa shape index (κ2) is 7.67. The van der Waals surface area contributed by atoms with Crippen molar-refractivity contribution in [2.75, 3.05) is 18.4 Å². The number of nitrogens with zero attached hydrogens (tertiary/aromatic N) is 2. The molecule has 2 heterocycles. The van der Waals surface area contributed by atoms with Gasteiger partial charge in [0.15, 0.2) is 5.82 Å². The summed E-state index contributed by atoms with van der Waals surface area (Å²) in [6.07, 6.45) is -3.61. The lowest BCUT2D eigenvalue weighted by Crippen LogP contribution is -2.23. The molecule has 0 radical (unpaired) electrons. The number of halogens is 3. The Kier molecular flexibility index (Phi) is 5.06. The van der Waals surface area contributed by atoms with E-state index in [0.717, 1.165) is 37.0 Å². The highest BCUT2D eigenvalue weighted by molar-refractivity contribution is 6.01. The minimum Gasteiger partial charge on any atom is -0.428 e. The molecule has 6 nitrogen and oxygen atoms in total. The second-order valence-corrected chi connectivity index (χ2v) is 6.70. The van der Waals surface area contributed by atoms with E-state index in [1.54, 1.807) is 12.1 Å². The van der Waals surface area contributed by atoms with Crippen LogP contribution in [0, 0.1) is 0 Å². The predicted molar refractivity (Wildman–Crippen MR) is 102 cm³/mol. The minimum atomic E-state index is -4.56. The van der Waals surface area contributed by atoms with Crippen LogP contribution in [0.25, 0.3) is 22.0 Å². The Bertz CT molecular complexity index is 1050. The van der Waals surface area contributed by atoms with Crippen LogP contribution in [0.4, 0.5) is 19.0 Å². The van der Waals surface area contributed by atoms with Crippen molar-refractivity contribution in [3.63, 3.8) is 0 Å². The first kappa shape index (κ1) is 19.1. The van der Waals surface area contributed by atoms with Gasteiger partial charge in [-0.15, -0.1) is 10.2 Å². The Hall–Kier alpha value is -3.20. The van der Waals surface area contributed by atoms with Crippen LogP contribution in [0.5, 0.6) is 5.75 Å². The van der Waals surface area contributed by atoms with Crippen LogP contribution >= 0.6 is 0 Å². The number of aromatic nitrogens is 2. The fourth-order valence-corrected chi connectivity index (χ4v) is 3.42. The average Bonchev–Trinajstić information content (AvgIpc) is 3.21. The van der Waals surface area contributed by atoms with Crippen molar-refractivity contribution in [1.29, 1.82) is 0 Å². The SMILES string of the molecule is O=COc1cc(C(F)(F)F)ccc1-c1nnc(NC2CCNC2)c2ccccc12. The van der Waals surface area contributed by atoms with E-state index in [1.807, 2.05) is 12.1 Å². The molecule has 2 N–H and O–H groups in total. The molecule has 0 bridgehead atoms. The maximum atomic E-state index is 13.1. The first-order chi connectivity index (χ1) is 14.0. The number of hydrogen-bond donors (Lipinski definition) is 2. The number of alkyl halides is 3. The predicted octanol–water partition coefficient (Wildman–Crippen LogP) is 3.62. The van der Waals surface area contributed by atoms with Crippen molar-refractivity contribution in [2.24, 2.45) is 0 Å². The Labute approximate surface area is 164 Å². The van der Waals surface area contributed by atoms with Gasteiger partial charge in [-0.1, -0.05) is 24.3 Å². The quantitative estimate of drug-likeness (QED) is 0.635. The van der Waals surface area contributed by atoms with Gasteiger partial charge in [-0.3, -0.25) is 4.79 Å². The highest BCUT2D eigenvalue weighted by Gasteiger charge is 2.32. The van der Waals surface area contributed by atoms with E-state index in [-0.39, 0.29) is 23.8 Å². The minimum absolute atomic E-state index is 0.0949. The highest BCUT2D eigenvalue weighted by Crippen LogP contribution is 2.39. The third-order valence-corrected chi connectivity index (χ3v) is 4.83. The van der Waals surface area contributed by atoms with Crippen molar-refractivity contribution >= 4 is 23.1 Å². The molecule has 1 aliphatic rings. The van der Waals surface area contributed by atoms with E-state index in [4.69, 9.17) is 4.74 Å². The van der Waals surface area contributed by atoms with E-state index in [1.165, 1.54) is 6.07 Å². The number of nitrogens with one attached hydrogen (secondary N) is 2. The number of ether oxygens (including phenoxy) is 1. The van der Waals surface area contributed by atoms with Gasteiger partial charge in [0.25, 0.3) is 6.47 Å². The van der Waals surface area contributed by atoms with E-state index in [0.29, 0.717) is 16.9 Å². The van der Waals surface area contributed by atoms with Crippen LogP contribution in [0.2, 0.25) is 0 Å². The molecular weight excluding hydrogens is 385 g/mol. The van der Waals surface area contributed by atoms with Gasteiger partial charge in [0.1, 0.15) is 11.4 Å². The molecule has 0 aliphatic carbocycles. The fourth-order valence-electron chi connectivity index (χ4n) is 3.42. The smallest absolute Gasteiger partial charge is 0.416 e. The summed E-state index contributed by atoms with van der Waals surface area (Å²) in [5.41, 5.74) is -0.327. The zero-order chi connectivity index (χ0) is 20.4. The van der Waals surface area contributed by atoms with Crippen LogP contribution in [-0.2, 0) is 11.0 Å². The monoisotopic (exact) mass is 402 g/mol. The molecule has 4 rings (SSSR count). The summed E-state index contributed by atoms with van der Waals surface area (Å²) >= 11 is 0. The third-order valence-electron chi connectivity index (χ3n) is 4.83. The van der Waals surface area contributed by atoms with Crippen LogP contribution in [-0.4, -0.2) is 35.8 Å². The summed E-state index contributed by atoms with van der Waals surface area (Å²) in [4.78, 5) is 10.9. The van der Waals surface area contributed by atoms with Crippen molar-refractivity contribution in [1.82, 2.24) is 15.5 Å². The molecule has 0 amide bonds. The largest absolute Gasteiger partial charge is 0.428 e. The number of fused-ring (bicyclic) bond motifs is 1. The summed E-state index contributed by atoms with van der Waals surface area (Å²) < 4.78 is 44.0. The average molecular weight is 402 g/mol. The number of hydrogen-bond acceptors (Lipinski definition) is 6. The van der Waals surface area contributed by atoms with E-state index >= 15 is 0 Å². The summed E-state index contributed by atoms with van der Waals surface area (Å²) in [6, 6.07) is 10.5. The topological polar surface area (TPSA) is 76.1 Å². The number of carbonyl (C=O) groups excluding carboxylic acids is 1. The maximum absolute atomic E-state index is 13.1. The zero-order valence-corrected chi connectivity index (χ0v) is 15.2. The van der Waals surface area contributed by atoms with Crippen LogP contribution in [0.15, 0.2) is 42.5 Å². The molecule has 1 unspecified atom stereocenters. The van der Waals surface area contributed by atoms with E-state index in [2.05, 4.69) is 20.8 Å². The van der Waals surface area contributed by atoms with Gasteiger partial charge in [-0.25, -0.2) is 0 Å². The van der Waals surface area contributed by atoms with Gasteiger partial charge in [0.05, 0.1) is 5.56 Å². The number of carbonyl (C=O) groups is 1. The van der Waals surface area contributed by atoms with Gasteiger partial charge in [-0.05, 0) is 31.2 Å². The molecule has 1 aromatic heterocycles. The molecule has 0 saturated carbocycles. The number of anilines is 1. The standard InChI is InChI=1S/C20H17F3N4O2/c21-20(22,23)12-5-6-16(17(9-12)29-11-28)18-14-3-1-2-4-15(14)19(27-26-18)25-13-7-8-24-10-13/h1-6,9,11,13,24H,7-8,10H2,(H,25,27). The lowest BCUT2D eigenvalue weighted by Gasteiger charge is -2.16. The second-order valence-electron chi connectivity index (χ2n) is 6.70. The summed E-state index contributed by atoms with van der Waals surface area (Å²) in [5.74, 6) is 0.373. The molecule has 3 aromatic rings. The van der Waals surface area contributed by atoms with Crippen molar-refractivity contribution in [3.05, 3.63) is 48.0 Å². The summed E-state index contributed by atoms with van der Waals surface area (Å²) in [5, 5.41) is 16.6. The molecule has 1 fully saturated rings. The third kappa shape index (κ3) is 3.86. The maximum Gasteiger partial charge on any atom is 0.416 e. The van der Waals surface area contributed by atoms with Crippen LogP contribution in [0.1, 0.15) is 12.0 Å². The molecule has 2 aromatic carbocycles. The molecular formula is C20H17F3N4O2. The van der Waals surface area contributed by atoms with Gasteiger partial charge >= 0.3 is 6.18 Å². The van der Waals surface area contributed by atoms with Gasteiger partial charge in [0, 0.05) is 28.9 Å².